The molecule has 1 N–H and O–H groups in total. The molecule has 0 aliphatic carbocycles. The molecule has 3 heterocycles. The lowest BCUT2D eigenvalue weighted by atomic mass is 10.0. The van der Waals surface area contributed by atoms with Crippen molar-refractivity contribution in [1.29, 1.82) is 0 Å². The van der Waals surface area contributed by atoms with Crippen molar-refractivity contribution in [2.45, 2.75) is 19.9 Å². The summed E-state index contributed by atoms with van der Waals surface area (Å²) in [5.41, 5.74) is 2.08. The number of hydrogen-bond acceptors (Lipinski definition) is 6. The summed E-state index contributed by atoms with van der Waals surface area (Å²) >= 11 is 0. The number of rotatable bonds is 7. The van der Waals surface area contributed by atoms with Crippen LogP contribution in [-0.4, -0.2) is 27.6 Å². The van der Waals surface area contributed by atoms with Crippen LogP contribution >= 0.6 is 0 Å². The number of carbonyl (C=O) groups is 1. The maximum absolute atomic E-state index is 13.4. The van der Waals surface area contributed by atoms with Crippen LogP contribution in [0.25, 0.3) is 22.2 Å². The third-order valence-corrected chi connectivity index (χ3v) is 6.13. The van der Waals surface area contributed by atoms with Crippen LogP contribution < -0.4 is 20.2 Å². The second-order valence-electron chi connectivity index (χ2n) is 9.10. The minimum absolute atomic E-state index is 0.00683. The summed E-state index contributed by atoms with van der Waals surface area (Å²) in [5, 5.41) is 2.78. The molecule has 9 heteroatoms. The van der Waals surface area contributed by atoms with E-state index < -0.39 is 17.2 Å². The molecular weight excluding hydrogens is 499 g/mol. The zero-order chi connectivity index (χ0) is 27.5. The Morgan fingerprint density at radius 1 is 0.974 bits per heavy atom. The number of halogens is 1. The van der Waals surface area contributed by atoms with Crippen molar-refractivity contribution in [3.63, 3.8) is 0 Å². The van der Waals surface area contributed by atoms with Gasteiger partial charge in [0, 0.05) is 48.0 Å². The number of nitrogens with one attached hydrogen (secondary N) is 1. The first-order valence-electron chi connectivity index (χ1n) is 12.2. The molecule has 0 fully saturated rings. The molecule has 0 aliphatic rings. The van der Waals surface area contributed by atoms with Crippen molar-refractivity contribution in [3.8, 4) is 28.4 Å². The number of anilines is 1. The van der Waals surface area contributed by atoms with Gasteiger partial charge in [-0.1, -0.05) is 12.1 Å². The van der Waals surface area contributed by atoms with Crippen molar-refractivity contribution in [1.82, 2.24) is 14.5 Å². The molecule has 196 valence electrons. The molecule has 8 nitrogen and oxygen atoms in total. The van der Waals surface area contributed by atoms with E-state index in [1.54, 1.807) is 66.7 Å². The van der Waals surface area contributed by atoms with Crippen LogP contribution in [0.1, 0.15) is 30.2 Å². The maximum atomic E-state index is 13.4. The van der Waals surface area contributed by atoms with E-state index in [1.165, 1.54) is 30.5 Å². The number of pyridine rings is 3. The van der Waals surface area contributed by atoms with E-state index in [0.717, 1.165) is 0 Å². The van der Waals surface area contributed by atoms with Gasteiger partial charge in [-0.3, -0.25) is 14.6 Å². The quantitative estimate of drug-likeness (QED) is 0.271. The molecule has 1 amide bonds. The molecule has 0 saturated carbocycles. The highest BCUT2D eigenvalue weighted by Gasteiger charge is 2.18. The van der Waals surface area contributed by atoms with E-state index >= 15 is 0 Å². The Hall–Kier alpha value is -5.05. The minimum Gasteiger partial charge on any atom is -0.495 e. The van der Waals surface area contributed by atoms with Gasteiger partial charge in [0.2, 0.25) is 5.43 Å². The summed E-state index contributed by atoms with van der Waals surface area (Å²) in [6, 6.07) is 15.9. The second kappa shape index (κ2) is 10.7. The van der Waals surface area contributed by atoms with E-state index in [9.17, 15) is 14.0 Å². The number of ether oxygens (including phenoxy) is 2. The Labute approximate surface area is 223 Å². The highest BCUT2D eigenvalue weighted by atomic mass is 19.1. The van der Waals surface area contributed by atoms with Crippen LogP contribution in [0.5, 0.6) is 17.2 Å². The van der Waals surface area contributed by atoms with Gasteiger partial charge in [-0.2, -0.15) is 0 Å². The van der Waals surface area contributed by atoms with Gasteiger partial charge in [-0.15, -0.1) is 0 Å². The molecule has 0 atom stereocenters. The Kier molecular flexibility index (Phi) is 7.05. The largest absolute Gasteiger partial charge is 0.495 e. The zero-order valence-electron chi connectivity index (χ0n) is 21.5. The average Bonchev–Trinajstić information content (AvgIpc) is 2.94. The van der Waals surface area contributed by atoms with E-state index in [1.807, 2.05) is 13.8 Å². The van der Waals surface area contributed by atoms with Crippen LogP contribution in [0.15, 0.2) is 90.2 Å². The second-order valence-corrected chi connectivity index (χ2v) is 9.10. The summed E-state index contributed by atoms with van der Waals surface area (Å²) in [6.45, 7) is 3.88. The SMILES string of the molecule is COc1cnc2c(Oc3ccc(NC(=O)c4cn(C(C)C)cc(-c5ccc(F)cc5)c4=O)cc3)ccnc2c1. The highest BCUT2D eigenvalue weighted by Crippen LogP contribution is 2.29. The van der Waals surface area contributed by atoms with Gasteiger partial charge in [0.25, 0.3) is 5.91 Å². The zero-order valence-corrected chi connectivity index (χ0v) is 21.5. The lowest BCUT2D eigenvalue weighted by Crippen LogP contribution is -2.25. The average molecular weight is 525 g/mol. The third kappa shape index (κ3) is 5.47. The molecule has 5 aromatic rings. The molecule has 39 heavy (non-hydrogen) atoms. The van der Waals surface area contributed by atoms with Crippen LogP contribution in [0.2, 0.25) is 0 Å². The molecule has 3 aromatic heterocycles. The maximum Gasteiger partial charge on any atom is 0.261 e. The number of aromatic nitrogens is 3. The van der Waals surface area contributed by atoms with E-state index in [4.69, 9.17) is 9.47 Å². The Morgan fingerprint density at radius 2 is 1.72 bits per heavy atom. The number of fused-ring (bicyclic) bond motifs is 1. The summed E-state index contributed by atoms with van der Waals surface area (Å²) in [5.74, 6) is 0.684. The van der Waals surface area contributed by atoms with Gasteiger partial charge >= 0.3 is 0 Å². The van der Waals surface area contributed by atoms with Crippen molar-refractivity contribution in [2.75, 3.05) is 12.4 Å². The lowest BCUT2D eigenvalue weighted by Gasteiger charge is -2.15. The molecule has 0 radical (unpaired) electrons. The van der Waals surface area contributed by atoms with Gasteiger partial charge in [0.15, 0.2) is 5.75 Å². The fourth-order valence-electron chi connectivity index (χ4n) is 4.01. The fourth-order valence-corrected chi connectivity index (χ4v) is 4.01. The number of hydrogen-bond donors (Lipinski definition) is 1. The number of nitrogens with zero attached hydrogens (tertiary/aromatic N) is 3. The van der Waals surface area contributed by atoms with E-state index in [-0.39, 0.29) is 11.6 Å². The minimum atomic E-state index is -0.551. The summed E-state index contributed by atoms with van der Waals surface area (Å²) in [4.78, 5) is 35.1. The smallest absolute Gasteiger partial charge is 0.261 e. The molecule has 2 aromatic carbocycles. The van der Waals surface area contributed by atoms with Gasteiger partial charge in [-0.05, 0) is 55.8 Å². The summed E-state index contributed by atoms with van der Waals surface area (Å²) in [6.07, 6.45) is 6.42. The molecule has 5 rings (SSSR count). The van der Waals surface area contributed by atoms with Gasteiger partial charge < -0.3 is 19.4 Å². The topological polar surface area (TPSA) is 95.3 Å². The van der Waals surface area contributed by atoms with Crippen molar-refractivity contribution in [2.24, 2.45) is 0 Å². The molecule has 0 spiro atoms. The number of benzene rings is 2. The number of methoxy groups -OCH3 is 1. The molecule has 0 unspecified atom stereocenters. The normalized spacial score (nSPS) is 11.0. The summed E-state index contributed by atoms with van der Waals surface area (Å²) in [7, 11) is 1.56. The first-order chi connectivity index (χ1) is 18.8. The van der Waals surface area contributed by atoms with Crippen molar-refractivity contribution in [3.05, 3.63) is 107 Å². The molecule has 0 aliphatic heterocycles. The van der Waals surface area contributed by atoms with Crippen LogP contribution in [0, 0.1) is 5.82 Å². The molecular formula is C30H25FN4O4. The number of carbonyl (C=O) groups excluding carboxylic acids is 1. The Balaban J connectivity index is 1.38. The van der Waals surface area contributed by atoms with Crippen LogP contribution in [0.4, 0.5) is 10.1 Å². The molecule has 0 bridgehead atoms. The predicted octanol–water partition coefficient (Wildman–Crippen LogP) is 6.23. The lowest BCUT2D eigenvalue weighted by molar-refractivity contribution is 0.102. The number of amides is 1. The monoisotopic (exact) mass is 524 g/mol. The Morgan fingerprint density at radius 3 is 2.41 bits per heavy atom. The van der Waals surface area contributed by atoms with Crippen LogP contribution in [0.3, 0.4) is 0 Å². The van der Waals surface area contributed by atoms with Crippen LogP contribution in [-0.2, 0) is 0 Å². The third-order valence-electron chi connectivity index (χ3n) is 6.13. The highest BCUT2D eigenvalue weighted by molar-refractivity contribution is 6.04. The fraction of sp³-hybridized carbons (Fsp3) is 0.133. The van der Waals surface area contributed by atoms with Crippen molar-refractivity contribution < 1.29 is 18.7 Å². The van der Waals surface area contributed by atoms with Gasteiger partial charge in [0.05, 0.1) is 18.8 Å². The Bertz CT molecular complexity index is 1720. The summed E-state index contributed by atoms with van der Waals surface area (Å²) < 4.78 is 26.4. The molecule has 0 saturated heterocycles. The standard InChI is InChI=1S/C30H25FN4O4/c1-18(2)35-16-24(19-4-6-20(31)7-5-19)29(36)25(17-35)30(37)34-21-8-10-22(11-9-21)39-27-12-13-32-26-14-23(38-3)15-33-28(26)27/h4-18H,1-3H3,(H,34,37). The van der Waals surface area contributed by atoms with Gasteiger partial charge in [-0.25, -0.2) is 9.37 Å². The van der Waals surface area contributed by atoms with E-state index in [2.05, 4.69) is 15.3 Å². The predicted molar refractivity (Wildman–Crippen MR) is 147 cm³/mol. The van der Waals surface area contributed by atoms with E-state index in [0.29, 0.717) is 45.1 Å². The first-order valence-corrected chi connectivity index (χ1v) is 12.2. The van der Waals surface area contributed by atoms with Crippen molar-refractivity contribution >= 4 is 22.6 Å². The first kappa shape index (κ1) is 25.6. The van der Waals surface area contributed by atoms with Gasteiger partial charge in [0.1, 0.15) is 28.4 Å².